The molecule has 2 N–H and O–H groups in total. The van der Waals surface area contributed by atoms with Crippen LogP contribution in [-0.4, -0.2) is 47.3 Å². The topological polar surface area (TPSA) is 127 Å². The Kier molecular flexibility index (Phi) is 8.61. The van der Waals surface area contributed by atoms with E-state index < -0.39 is 35.0 Å². The Bertz CT molecular complexity index is 469. The second-order valence-electron chi connectivity index (χ2n) is 3.81. The first-order valence-corrected chi connectivity index (χ1v) is 6.10. The molecule has 0 amide bonds. The smallest absolute Gasteiger partial charge is 0.332 e. The minimum Gasteiger partial charge on any atom is -0.478 e. The standard InChI is InChI=1S/C14H16O8/c1-3-11(15)21-7-5-9(13(17)18)10(14(19)20)6-8-22-12(16)4-2/h3-4H,1-2,5-8H2,(H,17,18)(H,19,20). The van der Waals surface area contributed by atoms with E-state index in [1.165, 1.54) is 0 Å². The van der Waals surface area contributed by atoms with E-state index >= 15 is 0 Å². The molecule has 0 saturated carbocycles. The van der Waals surface area contributed by atoms with E-state index in [-0.39, 0.29) is 26.1 Å². The zero-order valence-corrected chi connectivity index (χ0v) is 11.7. The van der Waals surface area contributed by atoms with Crippen LogP contribution in [0.15, 0.2) is 36.5 Å². The Balaban J connectivity index is 4.96. The molecular formula is C14H16O8. The maximum atomic E-state index is 11.1. The summed E-state index contributed by atoms with van der Waals surface area (Å²) in [5, 5.41) is 18.1. The number of aliphatic carboxylic acids is 2. The highest BCUT2D eigenvalue weighted by atomic mass is 16.5. The summed E-state index contributed by atoms with van der Waals surface area (Å²) >= 11 is 0. The molecule has 0 aromatic rings. The molecule has 0 rings (SSSR count). The quantitative estimate of drug-likeness (QED) is 0.445. The highest BCUT2D eigenvalue weighted by Crippen LogP contribution is 2.14. The fourth-order valence-corrected chi connectivity index (χ4v) is 1.40. The number of hydrogen-bond donors (Lipinski definition) is 2. The summed E-state index contributed by atoms with van der Waals surface area (Å²) < 4.78 is 9.23. The van der Waals surface area contributed by atoms with Crippen LogP contribution >= 0.6 is 0 Å². The molecule has 0 aliphatic heterocycles. The number of rotatable bonds is 10. The fourth-order valence-electron chi connectivity index (χ4n) is 1.40. The largest absolute Gasteiger partial charge is 0.478 e. The third kappa shape index (κ3) is 7.04. The van der Waals surface area contributed by atoms with Gasteiger partial charge in [-0.05, 0) is 0 Å². The van der Waals surface area contributed by atoms with E-state index in [1.807, 2.05) is 0 Å². The van der Waals surface area contributed by atoms with Gasteiger partial charge in [-0.25, -0.2) is 19.2 Å². The van der Waals surface area contributed by atoms with Crippen molar-refractivity contribution >= 4 is 23.9 Å². The molecule has 0 aromatic heterocycles. The van der Waals surface area contributed by atoms with E-state index in [4.69, 9.17) is 10.2 Å². The Morgan fingerprint density at radius 2 is 1.09 bits per heavy atom. The number of carbonyl (C=O) groups is 4. The third-order valence-corrected chi connectivity index (χ3v) is 2.41. The molecule has 0 aliphatic carbocycles. The summed E-state index contributed by atoms with van der Waals surface area (Å²) in [7, 11) is 0. The second kappa shape index (κ2) is 9.92. The molecule has 120 valence electrons. The molecule has 0 aromatic carbocycles. The van der Waals surface area contributed by atoms with E-state index in [9.17, 15) is 19.2 Å². The van der Waals surface area contributed by atoms with Crippen LogP contribution in [0.1, 0.15) is 12.8 Å². The molecule has 8 nitrogen and oxygen atoms in total. The summed E-state index contributed by atoms with van der Waals surface area (Å²) in [6, 6.07) is 0. The molecule has 0 heterocycles. The number of carbonyl (C=O) groups excluding carboxylic acids is 2. The van der Waals surface area contributed by atoms with Gasteiger partial charge < -0.3 is 19.7 Å². The fraction of sp³-hybridized carbons (Fsp3) is 0.286. The van der Waals surface area contributed by atoms with Gasteiger partial charge in [-0.2, -0.15) is 0 Å². The van der Waals surface area contributed by atoms with Gasteiger partial charge in [0.15, 0.2) is 0 Å². The average molecular weight is 312 g/mol. The van der Waals surface area contributed by atoms with Crippen LogP contribution in [0.5, 0.6) is 0 Å². The van der Waals surface area contributed by atoms with Gasteiger partial charge in [-0.3, -0.25) is 0 Å². The molecule has 0 spiro atoms. The van der Waals surface area contributed by atoms with Gasteiger partial charge in [-0.1, -0.05) is 13.2 Å². The SMILES string of the molecule is C=CC(=O)OCCC(C(=O)O)=C(CCOC(=O)C=C)C(=O)O. The van der Waals surface area contributed by atoms with Crippen molar-refractivity contribution in [3.8, 4) is 0 Å². The first-order valence-electron chi connectivity index (χ1n) is 6.10. The van der Waals surface area contributed by atoms with Crippen LogP contribution in [0.2, 0.25) is 0 Å². The normalized spacial score (nSPS) is 10.9. The predicted octanol–water partition coefficient (Wildman–Crippen LogP) is 0.691. The lowest BCUT2D eigenvalue weighted by atomic mass is 10.0. The van der Waals surface area contributed by atoms with Crippen molar-refractivity contribution in [2.24, 2.45) is 0 Å². The van der Waals surface area contributed by atoms with Crippen molar-refractivity contribution in [3.05, 3.63) is 36.5 Å². The van der Waals surface area contributed by atoms with Crippen molar-refractivity contribution < 1.29 is 38.9 Å². The lowest BCUT2D eigenvalue weighted by Gasteiger charge is -2.09. The number of esters is 2. The Morgan fingerprint density at radius 1 is 0.773 bits per heavy atom. The maximum Gasteiger partial charge on any atom is 0.332 e. The molecular weight excluding hydrogens is 296 g/mol. The van der Waals surface area contributed by atoms with E-state index in [1.54, 1.807) is 0 Å². The maximum absolute atomic E-state index is 11.1. The molecule has 0 radical (unpaired) electrons. The van der Waals surface area contributed by atoms with Gasteiger partial charge in [-0.15, -0.1) is 0 Å². The lowest BCUT2D eigenvalue weighted by molar-refractivity contribution is -0.140. The Morgan fingerprint density at radius 3 is 1.32 bits per heavy atom. The van der Waals surface area contributed by atoms with Gasteiger partial charge in [0.05, 0.1) is 24.4 Å². The lowest BCUT2D eigenvalue weighted by Crippen LogP contribution is -2.16. The molecule has 0 bridgehead atoms. The van der Waals surface area contributed by atoms with E-state index in [0.29, 0.717) is 0 Å². The van der Waals surface area contributed by atoms with E-state index in [0.717, 1.165) is 12.2 Å². The monoisotopic (exact) mass is 312 g/mol. The number of carboxylic acids is 2. The van der Waals surface area contributed by atoms with Crippen LogP contribution in [0, 0.1) is 0 Å². The van der Waals surface area contributed by atoms with Crippen LogP contribution in [0.3, 0.4) is 0 Å². The summed E-state index contributed by atoms with van der Waals surface area (Å²) in [4.78, 5) is 44.0. The first-order chi connectivity index (χ1) is 10.3. The van der Waals surface area contributed by atoms with Crippen molar-refractivity contribution in [2.45, 2.75) is 12.8 Å². The number of hydrogen-bond acceptors (Lipinski definition) is 6. The summed E-state index contributed by atoms with van der Waals surface area (Å²) in [6.45, 7) is 5.72. The summed E-state index contributed by atoms with van der Waals surface area (Å²) in [5.74, 6) is -4.41. The third-order valence-electron chi connectivity index (χ3n) is 2.41. The highest BCUT2D eigenvalue weighted by molar-refractivity contribution is 5.98. The minimum absolute atomic E-state index is 0.300. The molecule has 22 heavy (non-hydrogen) atoms. The van der Waals surface area contributed by atoms with Gasteiger partial charge in [0.1, 0.15) is 0 Å². The Hall–Kier alpha value is -2.90. The zero-order valence-electron chi connectivity index (χ0n) is 11.7. The van der Waals surface area contributed by atoms with Crippen LogP contribution in [0.25, 0.3) is 0 Å². The molecule has 0 atom stereocenters. The summed E-state index contributed by atoms with van der Waals surface area (Å²) in [6.07, 6.45) is 1.20. The first kappa shape index (κ1) is 19.1. The van der Waals surface area contributed by atoms with Crippen molar-refractivity contribution in [1.82, 2.24) is 0 Å². The molecule has 0 unspecified atom stereocenters. The summed E-state index contributed by atoms with van der Waals surface area (Å²) in [5.41, 5.74) is -0.863. The van der Waals surface area contributed by atoms with Gasteiger partial charge in [0, 0.05) is 25.0 Å². The van der Waals surface area contributed by atoms with E-state index in [2.05, 4.69) is 22.6 Å². The van der Waals surface area contributed by atoms with Crippen LogP contribution < -0.4 is 0 Å². The molecule has 0 aliphatic rings. The Labute approximate surface area is 126 Å². The zero-order chi connectivity index (χ0) is 17.1. The molecule has 0 saturated heterocycles. The van der Waals surface area contributed by atoms with Crippen molar-refractivity contribution in [2.75, 3.05) is 13.2 Å². The number of carboxylic acid groups (broad SMARTS) is 2. The predicted molar refractivity (Wildman–Crippen MR) is 73.8 cm³/mol. The van der Waals surface area contributed by atoms with Gasteiger partial charge in [0.2, 0.25) is 0 Å². The van der Waals surface area contributed by atoms with Gasteiger partial charge >= 0.3 is 23.9 Å². The van der Waals surface area contributed by atoms with Crippen LogP contribution in [-0.2, 0) is 28.7 Å². The van der Waals surface area contributed by atoms with Gasteiger partial charge in [0.25, 0.3) is 0 Å². The van der Waals surface area contributed by atoms with Crippen molar-refractivity contribution in [3.63, 3.8) is 0 Å². The molecule has 0 fully saturated rings. The average Bonchev–Trinajstić information content (AvgIpc) is 2.47. The van der Waals surface area contributed by atoms with Crippen molar-refractivity contribution in [1.29, 1.82) is 0 Å². The number of ether oxygens (including phenoxy) is 2. The van der Waals surface area contributed by atoms with Crippen LogP contribution in [0.4, 0.5) is 0 Å². The highest BCUT2D eigenvalue weighted by Gasteiger charge is 2.20. The second-order valence-corrected chi connectivity index (χ2v) is 3.81. The molecule has 8 heteroatoms. The minimum atomic E-state index is -1.46.